The van der Waals surface area contributed by atoms with E-state index in [9.17, 15) is 18.5 Å². The van der Waals surface area contributed by atoms with E-state index in [-0.39, 0.29) is 12.1 Å². The first-order valence-electron chi connectivity index (χ1n) is 4.49. The molecule has 0 heterocycles. The molecular weight excluding hydrogens is 234 g/mol. The van der Waals surface area contributed by atoms with Gasteiger partial charge >= 0.3 is 0 Å². The first-order valence-corrected chi connectivity index (χ1v) is 6.10. The standard InChI is InChI=1S/C9H11NO5S/c1-7-8(5-6-16(13,14)15)3-2-4-9(7)10(11)12/h2-4H,5-6H2,1H3,(H,13,14,15). The lowest BCUT2D eigenvalue weighted by molar-refractivity contribution is -0.385. The number of aryl methyl sites for hydroxylation is 1. The molecule has 0 aliphatic heterocycles. The molecule has 1 N–H and O–H groups in total. The summed E-state index contributed by atoms with van der Waals surface area (Å²) in [4.78, 5) is 10.1. The van der Waals surface area contributed by atoms with E-state index >= 15 is 0 Å². The maximum absolute atomic E-state index is 10.6. The Balaban J connectivity index is 2.98. The van der Waals surface area contributed by atoms with Crippen LogP contribution in [0, 0.1) is 17.0 Å². The summed E-state index contributed by atoms with van der Waals surface area (Å²) in [5.74, 6) is -0.436. The summed E-state index contributed by atoms with van der Waals surface area (Å²) in [7, 11) is -4.04. The van der Waals surface area contributed by atoms with Crippen LogP contribution in [0.4, 0.5) is 5.69 Å². The molecule has 0 saturated heterocycles. The Kier molecular flexibility index (Phi) is 3.61. The fraction of sp³-hybridized carbons (Fsp3) is 0.333. The number of hydrogen-bond acceptors (Lipinski definition) is 4. The summed E-state index contributed by atoms with van der Waals surface area (Å²) in [5.41, 5.74) is 0.927. The van der Waals surface area contributed by atoms with Crippen molar-refractivity contribution < 1.29 is 17.9 Å². The van der Waals surface area contributed by atoms with Crippen LogP contribution in [0.25, 0.3) is 0 Å². The first-order chi connectivity index (χ1) is 7.31. The molecule has 0 saturated carbocycles. The van der Waals surface area contributed by atoms with Crippen LogP contribution in [0.2, 0.25) is 0 Å². The molecule has 0 bridgehead atoms. The fourth-order valence-corrected chi connectivity index (χ4v) is 1.86. The Morgan fingerprint density at radius 1 is 1.44 bits per heavy atom. The highest BCUT2D eigenvalue weighted by Crippen LogP contribution is 2.21. The van der Waals surface area contributed by atoms with Gasteiger partial charge < -0.3 is 0 Å². The van der Waals surface area contributed by atoms with E-state index in [1.165, 1.54) is 12.1 Å². The summed E-state index contributed by atoms with van der Waals surface area (Å²) < 4.78 is 29.7. The van der Waals surface area contributed by atoms with Crippen LogP contribution in [-0.2, 0) is 16.5 Å². The Hall–Kier alpha value is -1.47. The van der Waals surface area contributed by atoms with E-state index in [0.29, 0.717) is 11.1 Å². The third-order valence-electron chi connectivity index (χ3n) is 2.24. The van der Waals surface area contributed by atoms with Gasteiger partial charge in [-0.1, -0.05) is 12.1 Å². The Bertz CT molecular complexity index is 509. The van der Waals surface area contributed by atoms with Gasteiger partial charge in [-0.3, -0.25) is 14.7 Å². The van der Waals surface area contributed by atoms with Crippen molar-refractivity contribution in [3.63, 3.8) is 0 Å². The quantitative estimate of drug-likeness (QED) is 0.490. The van der Waals surface area contributed by atoms with Crippen molar-refractivity contribution in [2.75, 3.05) is 5.75 Å². The van der Waals surface area contributed by atoms with Crippen LogP contribution in [0.15, 0.2) is 18.2 Å². The Labute approximate surface area is 92.8 Å². The Morgan fingerprint density at radius 3 is 2.56 bits per heavy atom. The second kappa shape index (κ2) is 4.58. The number of rotatable bonds is 4. The van der Waals surface area contributed by atoms with Crippen molar-refractivity contribution in [3.8, 4) is 0 Å². The molecule has 88 valence electrons. The predicted octanol–water partition coefficient (Wildman–Crippen LogP) is 1.33. The van der Waals surface area contributed by atoms with E-state index in [1.807, 2.05) is 0 Å². The maximum Gasteiger partial charge on any atom is 0.272 e. The number of hydrogen-bond donors (Lipinski definition) is 1. The molecule has 0 fully saturated rings. The van der Waals surface area contributed by atoms with Crippen molar-refractivity contribution in [1.82, 2.24) is 0 Å². The molecule has 0 aliphatic rings. The molecule has 0 spiro atoms. The van der Waals surface area contributed by atoms with Crippen molar-refractivity contribution in [1.29, 1.82) is 0 Å². The third-order valence-corrected chi connectivity index (χ3v) is 2.96. The highest BCUT2D eigenvalue weighted by Gasteiger charge is 2.14. The minimum absolute atomic E-state index is 0.0483. The van der Waals surface area contributed by atoms with Gasteiger partial charge in [-0.25, -0.2) is 0 Å². The highest BCUT2D eigenvalue weighted by molar-refractivity contribution is 7.85. The molecule has 16 heavy (non-hydrogen) atoms. The van der Waals surface area contributed by atoms with Gasteiger partial charge in [0.15, 0.2) is 0 Å². The van der Waals surface area contributed by atoms with Gasteiger partial charge in [0.1, 0.15) is 0 Å². The van der Waals surface area contributed by atoms with Crippen molar-refractivity contribution >= 4 is 15.8 Å². The maximum atomic E-state index is 10.6. The van der Waals surface area contributed by atoms with Crippen LogP contribution < -0.4 is 0 Å². The smallest absolute Gasteiger partial charge is 0.272 e. The first kappa shape index (κ1) is 12.6. The largest absolute Gasteiger partial charge is 0.286 e. The van der Waals surface area contributed by atoms with Crippen LogP contribution >= 0.6 is 0 Å². The van der Waals surface area contributed by atoms with E-state index in [1.54, 1.807) is 13.0 Å². The minimum atomic E-state index is -4.04. The van der Waals surface area contributed by atoms with E-state index in [4.69, 9.17) is 4.55 Å². The van der Waals surface area contributed by atoms with Crippen molar-refractivity contribution in [2.24, 2.45) is 0 Å². The topological polar surface area (TPSA) is 97.5 Å². The van der Waals surface area contributed by atoms with E-state index in [0.717, 1.165) is 0 Å². The second-order valence-electron chi connectivity index (χ2n) is 3.35. The Morgan fingerprint density at radius 2 is 2.06 bits per heavy atom. The van der Waals surface area contributed by atoms with E-state index < -0.39 is 20.8 Å². The van der Waals surface area contributed by atoms with Gasteiger partial charge in [-0.15, -0.1) is 0 Å². The molecule has 1 rings (SSSR count). The lowest BCUT2D eigenvalue weighted by Crippen LogP contribution is -2.08. The SMILES string of the molecule is Cc1c(CCS(=O)(=O)O)cccc1[N+](=O)[O-]. The van der Waals surface area contributed by atoms with E-state index in [2.05, 4.69) is 0 Å². The number of nitro groups is 1. The molecule has 1 aromatic carbocycles. The summed E-state index contributed by atoms with van der Waals surface area (Å²) in [6, 6.07) is 4.45. The zero-order valence-corrected chi connectivity index (χ0v) is 9.40. The molecule has 0 atom stereocenters. The molecule has 0 amide bonds. The molecule has 0 radical (unpaired) electrons. The fourth-order valence-electron chi connectivity index (χ4n) is 1.38. The normalized spacial score (nSPS) is 11.4. The molecule has 0 aliphatic carbocycles. The van der Waals surface area contributed by atoms with Gasteiger partial charge in [0.2, 0.25) is 0 Å². The summed E-state index contributed by atoms with van der Waals surface area (Å²) in [5, 5.41) is 10.6. The zero-order valence-electron chi connectivity index (χ0n) is 8.58. The van der Waals surface area contributed by atoms with Gasteiger partial charge in [0.25, 0.3) is 15.8 Å². The summed E-state index contributed by atoms with van der Waals surface area (Å²) >= 11 is 0. The summed E-state index contributed by atoms with van der Waals surface area (Å²) in [6.45, 7) is 1.55. The molecule has 1 aromatic rings. The number of nitrogens with zero attached hydrogens (tertiary/aromatic N) is 1. The highest BCUT2D eigenvalue weighted by atomic mass is 32.2. The van der Waals surface area contributed by atoms with Crippen LogP contribution in [-0.4, -0.2) is 23.6 Å². The van der Waals surface area contributed by atoms with Crippen LogP contribution in [0.3, 0.4) is 0 Å². The monoisotopic (exact) mass is 245 g/mol. The van der Waals surface area contributed by atoms with Gasteiger partial charge in [-0.2, -0.15) is 8.42 Å². The summed E-state index contributed by atoms with van der Waals surface area (Å²) in [6.07, 6.45) is 0.0619. The lowest BCUT2D eigenvalue weighted by atomic mass is 10.1. The van der Waals surface area contributed by atoms with Crippen LogP contribution in [0.1, 0.15) is 11.1 Å². The minimum Gasteiger partial charge on any atom is -0.286 e. The molecule has 6 nitrogen and oxygen atoms in total. The zero-order chi connectivity index (χ0) is 12.3. The predicted molar refractivity (Wildman–Crippen MR) is 58.0 cm³/mol. The van der Waals surface area contributed by atoms with Crippen molar-refractivity contribution in [2.45, 2.75) is 13.3 Å². The van der Waals surface area contributed by atoms with Gasteiger partial charge in [-0.05, 0) is 18.9 Å². The van der Waals surface area contributed by atoms with Gasteiger partial charge in [0.05, 0.1) is 10.7 Å². The molecule has 0 aromatic heterocycles. The van der Waals surface area contributed by atoms with Gasteiger partial charge in [0, 0.05) is 11.6 Å². The molecular formula is C9H11NO5S. The third kappa shape index (κ3) is 3.28. The number of nitro benzene ring substituents is 1. The van der Waals surface area contributed by atoms with Crippen molar-refractivity contribution in [3.05, 3.63) is 39.4 Å². The average molecular weight is 245 g/mol. The number of benzene rings is 1. The molecule has 7 heteroatoms. The lowest BCUT2D eigenvalue weighted by Gasteiger charge is -2.04. The average Bonchev–Trinajstić information content (AvgIpc) is 2.14. The molecule has 0 unspecified atom stereocenters. The second-order valence-corrected chi connectivity index (χ2v) is 4.93. The van der Waals surface area contributed by atoms with Crippen LogP contribution in [0.5, 0.6) is 0 Å².